The van der Waals surface area contributed by atoms with Crippen molar-refractivity contribution >= 4 is 15.9 Å². The lowest BCUT2D eigenvalue weighted by Gasteiger charge is -2.12. The largest absolute Gasteiger partial charge is 0.455 e. The molecule has 0 aliphatic rings. The summed E-state index contributed by atoms with van der Waals surface area (Å²) in [5.41, 5.74) is 0. The predicted molar refractivity (Wildman–Crippen MR) is 79.8 cm³/mol. The van der Waals surface area contributed by atoms with E-state index >= 15 is 0 Å². The Kier molecular flexibility index (Phi) is 5.94. The highest BCUT2D eigenvalue weighted by molar-refractivity contribution is 7.89. The molecular weight excluding hydrogens is 294 g/mol. The molecule has 0 bridgehead atoms. The molecular formula is C13H23N3O4S. The molecule has 1 atom stereocenters. The third kappa shape index (κ3) is 4.29. The average molecular weight is 317 g/mol. The maximum absolute atomic E-state index is 12.1. The van der Waals surface area contributed by atoms with Gasteiger partial charge in [0.1, 0.15) is 10.7 Å². The van der Waals surface area contributed by atoms with Crippen LogP contribution in [0.4, 0.5) is 0 Å². The quantitative estimate of drug-likeness (QED) is 0.767. The zero-order chi connectivity index (χ0) is 16.2. The van der Waals surface area contributed by atoms with Crippen molar-refractivity contribution in [2.24, 2.45) is 0 Å². The minimum absolute atomic E-state index is 0.00313. The van der Waals surface area contributed by atoms with Crippen LogP contribution in [0, 0.1) is 6.92 Å². The van der Waals surface area contributed by atoms with Crippen LogP contribution in [0.2, 0.25) is 0 Å². The molecule has 0 aliphatic heterocycles. The standard InChI is InChI=1S/C13H23N3O4S/c1-6-14-9(2)8-15-13(17)11-7-12(10(3)20-11)21(18,19)16(4)5/h7,9,14H,6,8H2,1-5H3,(H,15,17)/t9-/m1/s1. The van der Waals surface area contributed by atoms with Crippen LogP contribution < -0.4 is 10.6 Å². The number of carbonyl (C=O) groups is 1. The third-order valence-electron chi connectivity index (χ3n) is 2.98. The first-order valence-electron chi connectivity index (χ1n) is 6.74. The van der Waals surface area contributed by atoms with Gasteiger partial charge in [-0.25, -0.2) is 12.7 Å². The van der Waals surface area contributed by atoms with E-state index in [0.717, 1.165) is 10.8 Å². The van der Waals surface area contributed by atoms with E-state index in [0.29, 0.717) is 6.54 Å². The molecule has 0 saturated heterocycles. The minimum atomic E-state index is -3.61. The Morgan fingerprint density at radius 3 is 2.57 bits per heavy atom. The number of furan rings is 1. The van der Waals surface area contributed by atoms with Gasteiger partial charge in [-0.2, -0.15) is 0 Å². The molecule has 1 aromatic heterocycles. The fourth-order valence-electron chi connectivity index (χ4n) is 1.78. The average Bonchev–Trinajstić information content (AvgIpc) is 2.79. The smallest absolute Gasteiger partial charge is 0.287 e. The summed E-state index contributed by atoms with van der Waals surface area (Å²) < 4.78 is 30.5. The van der Waals surface area contributed by atoms with E-state index in [1.807, 2.05) is 13.8 Å². The van der Waals surface area contributed by atoms with Crippen molar-refractivity contribution in [2.75, 3.05) is 27.2 Å². The zero-order valence-electron chi connectivity index (χ0n) is 13.1. The van der Waals surface area contributed by atoms with Crippen LogP contribution in [0.15, 0.2) is 15.4 Å². The highest BCUT2D eigenvalue weighted by Crippen LogP contribution is 2.22. The number of rotatable bonds is 7. The fourth-order valence-corrected chi connectivity index (χ4v) is 2.84. The third-order valence-corrected chi connectivity index (χ3v) is 4.90. The molecule has 0 unspecified atom stereocenters. The van der Waals surface area contributed by atoms with Crippen molar-refractivity contribution in [3.05, 3.63) is 17.6 Å². The van der Waals surface area contributed by atoms with Crippen LogP contribution in [0.5, 0.6) is 0 Å². The molecule has 7 nitrogen and oxygen atoms in total. The molecule has 120 valence electrons. The van der Waals surface area contributed by atoms with Gasteiger partial charge < -0.3 is 15.1 Å². The van der Waals surface area contributed by atoms with Crippen molar-refractivity contribution in [2.45, 2.75) is 31.7 Å². The lowest BCUT2D eigenvalue weighted by atomic mass is 10.3. The Balaban J connectivity index is 2.85. The van der Waals surface area contributed by atoms with Gasteiger partial charge >= 0.3 is 0 Å². The number of sulfonamides is 1. The molecule has 0 fully saturated rings. The van der Waals surface area contributed by atoms with Crippen LogP contribution in [-0.2, 0) is 10.0 Å². The normalized spacial score (nSPS) is 13.4. The second-order valence-corrected chi connectivity index (χ2v) is 7.11. The molecule has 0 aliphatic carbocycles. The van der Waals surface area contributed by atoms with Crippen molar-refractivity contribution < 1.29 is 17.6 Å². The van der Waals surface area contributed by atoms with E-state index in [1.54, 1.807) is 0 Å². The zero-order valence-corrected chi connectivity index (χ0v) is 13.9. The van der Waals surface area contributed by atoms with Crippen LogP contribution in [0.25, 0.3) is 0 Å². The van der Waals surface area contributed by atoms with Gasteiger partial charge in [0.15, 0.2) is 5.76 Å². The predicted octanol–water partition coefficient (Wildman–Crippen LogP) is 0.566. The number of carbonyl (C=O) groups excluding carboxylic acids is 1. The van der Waals surface area contributed by atoms with Crippen molar-refractivity contribution in [3.63, 3.8) is 0 Å². The number of aryl methyl sites for hydroxylation is 1. The molecule has 0 spiro atoms. The van der Waals surface area contributed by atoms with E-state index in [-0.39, 0.29) is 22.5 Å². The second-order valence-electron chi connectivity index (χ2n) is 4.99. The number of hydrogen-bond donors (Lipinski definition) is 2. The van der Waals surface area contributed by atoms with Gasteiger partial charge in [-0.3, -0.25) is 4.79 Å². The number of hydrogen-bond acceptors (Lipinski definition) is 5. The fraction of sp³-hybridized carbons (Fsp3) is 0.615. The minimum Gasteiger partial charge on any atom is -0.455 e. The van der Waals surface area contributed by atoms with Gasteiger partial charge in [-0.05, 0) is 20.4 Å². The van der Waals surface area contributed by atoms with Crippen molar-refractivity contribution in [1.82, 2.24) is 14.9 Å². The Labute approximate surface area is 125 Å². The van der Waals surface area contributed by atoms with E-state index < -0.39 is 15.9 Å². The monoisotopic (exact) mass is 317 g/mol. The number of likely N-dealkylation sites (N-methyl/N-ethyl adjacent to an activating group) is 1. The summed E-state index contributed by atoms with van der Waals surface area (Å²) in [5.74, 6) is -0.228. The molecule has 0 aromatic carbocycles. The molecule has 2 N–H and O–H groups in total. The van der Waals surface area contributed by atoms with E-state index in [1.165, 1.54) is 27.1 Å². The summed E-state index contributed by atoms with van der Waals surface area (Å²) in [6.45, 7) is 6.68. The molecule has 0 saturated carbocycles. The lowest BCUT2D eigenvalue weighted by Crippen LogP contribution is -2.38. The summed E-state index contributed by atoms with van der Waals surface area (Å²) >= 11 is 0. The Morgan fingerprint density at radius 2 is 2.05 bits per heavy atom. The number of amides is 1. The van der Waals surface area contributed by atoms with Gasteiger partial charge in [-0.15, -0.1) is 0 Å². The van der Waals surface area contributed by atoms with Crippen molar-refractivity contribution in [1.29, 1.82) is 0 Å². The van der Waals surface area contributed by atoms with Gasteiger partial charge in [0.05, 0.1) is 0 Å². The molecule has 1 aromatic rings. The van der Waals surface area contributed by atoms with E-state index in [2.05, 4.69) is 10.6 Å². The van der Waals surface area contributed by atoms with Crippen LogP contribution in [-0.4, -0.2) is 51.9 Å². The molecule has 1 rings (SSSR count). The molecule has 1 amide bonds. The second kappa shape index (κ2) is 7.06. The van der Waals surface area contributed by atoms with Crippen molar-refractivity contribution in [3.8, 4) is 0 Å². The van der Waals surface area contributed by atoms with Crippen LogP contribution >= 0.6 is 0 Å². The Bertz CT molecular complexity index is 593. The summed E-state index contributed by atoms with van der Waals surface area (Å²) in [6.07, 6.45) is 0. The Hall–Kier alpha value is -1.38. The first-order valence-corrected chi connectivity index (χ1v) is 8.18. The maximum Gasteiger partial charge on any atom is 0.287 e. The highest BCUT2D eigenvalue weighted by atomic mass is 32.2. The number of nitrogens with one attached hydrogen (secondary N) is 2. The topological polar surface area (TPSA) is 91.6 Å². The summed E-state index contributed by atoms with van der Waals surface area (Å²) in [4.78, 5) is 12.0. The number of nitrogens with zero attached hydrogens (tertiary/aromatic N) is 1. The summed E-state index contributed by atoms with van der Waals surface area (Å²) in [6, 6.07) is 1.39. The Morgan fingerprint density at radius 1 is 1.43 bits per heavy atom. The SMILES string of the molecule is CCN[C@H](C)CNC(=O)c1cc(S(=O)(=O)N(C)C)c(C)o1. The lowest BCUT2D eigenvalue weighted by molar-refractivity contribution is 0.0921. The highest BCUT2D eigenvalue weighted by Gasteiger charge is 2.25. The van der Waals surface area contributed by atoms with Gasteiger partial charge in [-0.1, -0.05) is 6.92 Å². The van der Waals surface area contributed by atoms with Gasteiger partial charge in [0.25, 0.3) is 5.91 Å². The van der Waals surface area contributed by atoms with Crippen LogP contribution in [0.3, 0.4) is 0 Å². The molecule has 8 heteroatoms. The van der Waals surface area contributed by atoms with Crippen LogP contribution in [0.1, 0.15) is 30.2 Å². The molecule has 1 heterocycles. The first kappa shape index (κ1) is 17.7. The summed E-state index contributed by atoms with van der Waals surface area (Å²) in [5, 5.41) is 5.86. The summed E-state index contributed by atoms with van der Waals surface area (Å²) in [7, 11) is -0.753. The molecule has 0 radical (unpaired) electrons. The van der Waals surface area contributed by atoms with Gasteiger partial charge in [0.2, 0.25) is 10.0 Å². The van der Waals surface area contributed by atoms with Gasteiger partial charge in [0, 0.05) is 32.7 Å². The maximum atomic E-state index is 12.1. The molecule has 21 heavy (non-hydrogen) atoms. The van der Waals surface area contributed by atoms with E-state index in [4.69, 9.17) is 4.42 Å². The van der Waals surface area contributed by atoms with E-state index in [9.17, 15) is 13.2 Å². The first-order chi connectivity index (χ1) is 9.70.